The number of halogens is 2. The minimum atomic E-state index is -4.26. The van der Waals surface area contributed by atoms with Gasteiger partial charge in [-0.2, -0.15) is 15.4 Å². The number of ether oxygens (including phenoxy) is 1. The molecule has 8 rings (SSSR count). The van der Waals surface area contributed by atoms with Gasteiger partial charge in [-0.05, 0) is 93.8 Å². The average Bonchev–Trinajstić information content (AvgIpc) is 3.77. The molecule has 4 aliphatic rings. The third-order valence-corrected chi connectivity index (χ3v) is 12.2. The van der Waals surface area contributed by atoms with Gasteiger partial charge in [0.1, 0.15) is 29.1 Å². The molecule has 0 spiro atoms. The van der Waals surface area contributed by atoms with Crippen molar-refractivity contribution in [1.29, 1.82) is 0 Å². The number of benzene rings is 1. The van der Waals surface area contributed by atoms with Gasteiger partial charge in [-0.15, -0.1) is 0 Å². The van der Waals surface area contributed by atoms with E-state index in [1.807, 2.05) is 0 Å². The molecular formula is C42H47BF2N10O8. The van der Waals surface area contributed by atoms with Crippen LogP contribution in [0.1, 0.15) is 103 Å². The van der Waals surface area contributed by atoms with Crippen LogP contribution in [-0.4, -0.2) is 120 Å². The van der Waals surface area contributed by atoms with Gasteiger partial charge in [-0.3, -0.25) is 19.2 Å². The summed E-state index contributed by atoms with van der Waals surface area (Å²) in [5.41, 5.74) is 3.76. The van der Waals surface area contributed by atoms with E-state index in [1.165, 1.54) is 17.3 Å². The summed E-state index contributed by atoms with van der Waals surface area (Å²) in [6, 6.07) is 7.23. The lowest BCUT2D eigenvalue weighted by Gasteiger charge is -2.31. The molecule has 3 aliphatic heterocycles. The zero-order valence-electron chi connectivity index (χ0n) is 34.9. The Kier molecular flexibility index (Phi) is 11.8. The van der Waals surface area contributed by atoms with E-state index in [0.717, 1.165) is 21.8 Å². The Morgan fingerprint density at radius 1 is 1.08 bits per heavy atom. The number of carboxylic acids is 1. The second-order valence-electron chi connectivity index (χ2n) is 16.3. The number of methoxy groups -OCH3 is 1. The number of carboxylic acid groups (broad SMARTS) is 1. The monoisotopic (exact) mass is 868 g/mol. The summed E-state index contributed by atoms with van der Waals surface area (Å²) < 4.78 is 45.7. The number of carbonyl (C=O) groups excluding carboxylic acids is 4. The molecule has 21 heteroatoms. The van der Waals surface area contributed by atoms with Crippen molar-refractivity contribution < 1.29 is 51.5 Å². The highest BCUT2D eigenvalue weighted by Gasteiger charge is 2.54. The average molecular weight is 869 g/mol. The molecule has 5 N–H and O–H groups in total. The van der Waals surface area contributed by atoms with Gasteiger partial charge in [0.05, 0.1) is 19.5 Å². The molecule has 6 heterocycles. The molecule has 4 amide bonds. The molecule has 1 saturated heterocycles. The first-order valence-corrected chi connectivity index (χ1v) is 20.9. The standard InChI is InChI=1S/C42H47BF2N10O8/c1-23-30(24(2)54-35(23)19-28-11-15-34(55(28)43(54,44)45)25-9-12-29(62-3)13-10-25)14-16-37(56)46-17-5-4-6-32(42(60)61)50-40(58)36-18-27(49-39(57)33-21-47-52-51-33)22-53(36)41(59)31-20-48-63-38(31)26-7-8-26/h9-13,15,19-21,26-27,32,36H,4-8,14,16-18,22H2,1-3H3,(H,46,56)(H,49,57)(H,50,58)(H,60,61)(H,47,51,52)/t27-,32+,36+/m1/s1. The Labute approximate surface area is 359 Å². The SMILES string of the molecule is COc1ccc(-c2ccc3n2[B-](F)(F)[N+]2=C(C)C(CCC(=O)NCCCC[C@H](NC(=O)[C@@H]4C[C@@H](NC(=O)c5cn[nH]n5)CN4C(=O)c4cnoc4C4CC4)C(=O)O)=C(C)C2=C3)cc1. The number of unbranched alkanes of at least 4 members (excludes halogenated alkanes) is 1. The zero-order valence-corrected chi connectivity index (χ0v) is 34.9. The minimum absolute atomic E-state index is 0.00954. The van der Waals surface area contributed by atoms with Crippen LogP contribution in [0, 0.1) is 0 Å². The van der Waals surface area contributed by atoms with E-state index < -0.39 is 48.8 Å². The number of hydrogen-bond donors (Lipinski definition) is 5. The number of likely N-dealkylation sites (tertiary alicyclic amines) is 1. The fourth-order valence-corrected chi connectivity index (χ4v) is 8.80. The van der Waals surface area contributed by atoms with Gasteiger partial charge >= 0.3 is 12.9 Å². The summed E-state index contributed by atoms with van der Waals surface area (Å²) in [7, 11) is 1.54. The molecule has 0 unspecified atom stereocenters. The van der Waals surface area contributed by atoms with E-state index >= 15 is 8.63 Å². The largest absolute Gasteiger partial charge is 0.737 e. The van der Waals surface area contributed by atoms with Gasteiger partial charge in [0, 0.05) is 67.0 Å². The van der Waals surface area contributed by atoms with Gasteiger partial charge in [-0.1, -0.05) is 5.16 Å². The molecule has 3 atom stereocenters. The number of nitrogens with zero attached hydrogens (tertiary/aromatic N) is 6. The molecular weight excluding hydrogens is 821 g/mol. The predicted octanol–water partition coefficient (Wildman–Crippen LogP) is 3.88. The Morgan fingerprint density at radius 3 is 2.56 bits per heavy atom. The van der Waals surface area contributed by atoms with Crippen molar-refractivity contribution in [3.8, 4) is 17.0 Å². The smallest absolute Gasteiger partial charge is 0.497 e. The third-order valence-electron chi connectivity index (χ3n) is 12.2. The number of aromatic nitrogens is 5. The maximum absolute atomic E-state index is 16.5. The molecule has 0 radical (unpaired) electrons. The molecule has 18 nitrogen and oxygen atoms in total. The number of H-pyrrole nitrogens is 1. The summed E-state index contributed by atoms with van der Waals surface area (Å²) >= 11 is 0. The van der Waals surface area contributed by atoms with Gasteiger partial charge in [0.15, 0.2) is 17.2 Å². The second-order valence-corrected chi connectivity index (χ2v) is 16.3. The lowest BCUT2D eigenvalue weighted by atomic mass is 9.89. The van der Waals surface area contributed by atoms with Crippen LogP contribution in [0.2, 0.25) is 0 Å². The Balaban J connectivity index is 0.839. The number of carbonyl (C=O) groups is 5. The molecule has 2 fully saturated rings. The van der Waals surface area contributed by atoms with Crippen molar-refractivity contribution in [3.05, 3.63) is 88.3 Å². The van der Waals surface area contributed by atoms with E-state index in [-0.39, 0.29) is 61.9 Å². The van der Waals surface area contributed by atoms with Gasteiger partial charge < -0.3 is 52.8 Å². The summed E-state index contributed by atoms with van der Waals surface area (Å²) in [6.45, 7) is -0.642. The van der Waals surface area contributed by atoms with Crippen molar-refractivity contribution in [1.82, 2.24) is 45.9 Å². The molecule has 4 aromatic rings. The Morgan fingerprint density at radius 2 is 1.86 bits per heavy atom. The Bertz CT molecular complexity index is 2540. The number of nitrogens with one attached hydrogen (secondary N) is 4. The number of allylic oxidation sites excluding steroid dienone is 2. The Hall–Kier alpha value is -6.93. The summed E-state index contributed by atoms with van der Waals surface area (Å²) in [6.07, 6.45) is 7.00. The van der Waals surface area contributed by atoms with E-state index in [0.29, 0.717) is 63.9 Å². The summed E-state index contributed by atoms with van der Waals surface area (Å²) in [5, 5.41) is 31.8. The molecule has 63 heavy (non-hydrogen) atoms. The van der Waals surface area contributed by atoms with Gasteiger partial charge in [-0.25, -0.2) is 4.79 Å². The highest BCUT2D eigenvalue weighted by Crippen LogP contribution is 2.43. The number of rotatable bonds is 17. The van der Waals surface area contributed by atoms with Crippen molar-refractivity contribution >= 4 is 48.4 Å². The van der Waals surface area contributed by atoms with Crippen LogP contribution in [0.3, 0.4) is 0 Å². The first kappa shape index (κ1) is 42.8. The van der Waals surface area contributed by atoms with Crippen molar-refractivity contribution in [2.45, 2.75) is 89.3 Å². The van der Waals surface area contributed by atoms with Crippen molar-refractivity contribution in [2.75, 3.05) is 20.2 Å². The number of fused-ring (bicyclic) bond motifs is 2. The maximum Gasteiger partial charge on any atom is 0.737 e. The lowest BCUT2D eigenvalue weighted by molar-refractivity contribution is -0.362. The molecule has 1 saturated carbocycles. The molecule has 0 bridgehead atoms. The van der Waals surface area contributed by atoms with Crippen LogP contribution in [0.15, 0.2) is 70.2 Å². The van der Waals surface area contributed by atoms with Crippen LogP contribution < -0.4 is 20.7 Å². The third kappa shape index (κ3) is 8.50. The van der Waals surface area contributed by atoms with Crippen LogP contribution >= 0.6 is 0 Å². The quantitative estimate of drug-likeness (QED) is 0.0756. The first-order chi connectivity index (χ1) is 30.3. The summed E-state index contributed by atoms with van der Waals surface area (Å²) in [5.74, 6) is -2.24. The number of aromatic amines is 1. The number of aliphatic carboxylic acids is 1. The molecule has 330 valence electrons. The number of hydrogen-bond acceptors (Lipinski definition) is 10. The summed E-state index contributed by atoms with van der Waals surface area (Å²) in [4.78, 5) is 66.9. The van der Waals surface area contributed by atoms with Crippen molar-refractivity contribution in [2.24, 2.45) is 0 Å². The molecule has 1 aliphatic carbocycles. The van der Waals surface area contributed by atoms with Gasteiger partial charge in [0.25, 0.3) is 11.8 Å². The maximum atomic E-state index is 16.5. The predicted molar refractivity (Wildman–Crippen MR) is 223 cm³/mol. The fourth-order valence-electron chi connectivity index (χ4n) is 8.80. The molecule has 1 aromatic carbocycles. The second kappa shape index (κ2) is 17.4. The molecule has 3 aromatic heterocycles. The van der Waals surface area contributed by atoms with E-state index in [1.54, 1.807) is 63.4 Å². The zero-order chi connectivity index (χ0) is 44.6. The van der Waals surface area contributed by atoms with Crippen LogP contribution in [-0.2, 0) is 14.4 Å². The fraction of sp³-hybridized carbons (Fsp3) is 0.405. The van der Waals surface area contributed by atoms with E-state index in [9.17, 15) is 29.1 Å². The lowest BCUT2D eigenvalue weighted by Crippen LogP contribution is -2.51. The first-order valence-electron chi connectivity index (χ1n) is 20.9. The normalized spacial score (nSPS) is 19.3. The van der Waals surface area contributed by atoms with E-state index in [4.69, 9.17) is 9.26 Å². The van der Waals surface area contributed by atoms with Crippen LogP contribution in [0.25, 0.3) is 17.3 Å². The van der Waals surface area contributed by atoms with Crippen LogP contribution in [0.5, 0.6) is 5.75 Å². The highest BCUT2D eigenvalue weighted by atomic mass is 19.2. The van der Waals surface area contributed by atoms with E-state index in [2.05, 4.69) is 36.5 Å². The number of amides is 4. The minimum Gasteiger partial charge on any atom is -0.497 e. The van der Waals surface area contributed by atoms with Crippen molar-refractivity contribution in [3.63, 3.8) is 0 Å². The highest BCUT2D eigenvalue weighted by molar-refractivity contribution is 6.58. The topological polar surface area (TPSA) is 230 Å². The van der Waals surface area contributed by atoms with Gasteiger partial charge in [0.2, 0.25) is 11.8 Å². The van der Waals surface area contributed by atoms with Crippen LogP contribution in [0.4, 0.5) is 8.63 Å².